The number of rotatable bonds is 2. The van der Waals surface area contributed by atoms with Gasteiger partial charge in [-0.3, -0.25) is 0 Å². The van der Waals surface area contributed by atoms with E-state index in [1.54, 1.807) is 0 Å². The zero-order chi connectivity index (χ0) is 14.3. The smallest absolute Gasteiger partial charge is 0.126 e. The van der Waals surface area contributed by atoms with Gasteiger partial charge in [0.25, 0.3) is 0 Å². The fourth-order valence-corrected chi connectivity index (χ4v) is 3.23. The van der Waals surface area contributed by atoms with E-state index in [0.717, 1.165) is 17.5 Å². The van der Waals surface area contributed by atoms with Crippen LogP contribution in [0.15, 0.2) is 36.4 Å². The molecule has 5 heteroatoms. The van der Waals surface area contributed by atoms with Crippen LogP contribution in [0.3, 0.4) is 0 Å². The van der Waals surface area contributed by atoms with Crippen molar-refractivity contribution in [2.75, 3.05) is 5.32 Å². The maximum atomic E-state index is 13.2. The van der Waals surface area contributed by atoms with Gasteiger partial charge in [0, 0.05) is 6.04 Å². The molecule has 0 fully saturated rings. The predicted octanol–water partition coefficient (Wildman–Crippen LogP) is 4.69. The highest BCUT2D eigenvalue weighted by Crippen LogP contribution is 2.42. The summed E-state index contributed by atoms with van der Waals surface area (Å²) >= 11 is 12.1. The van der Waals surface area contributed by atoms with E-state index in [1.807, 2.05) is 24.3 Å². The molecule has 1 aliphatic carbocycles. The highest BCUT2D eigenvalue weighted by atomic mass is 35.5. The summed E-state index contributed by atoms with van der Waals surface area (Å²) in [6.07, 6.45) is 0.753. The molecule has 2 atom stereocenters. The molecule has 0 aliphatic heterocycles. The van der Waals surface area contributed by atoms with Crippen LogP contribution < -0.4 is 11.1 Å². The van der Waals surface area contributed by atoms with Crippen LogP contribution in [0.4, 0.5) is 10.1 Å². The Bertz CT molecular complexity index is 637. The number of halogens is 3. The molecule has 2 aromatic rings. The molecule has 20 heavy (non-hydrogen) atoms. The van der Waals surface area contributed by atoms with Crippen molar-refractivity contribution in [3.8, 4) is 0 Å². The average molecular weight is 311 g/mol. The lowest BCUT2D eigenvalue weighted by Crippen LogP contribution is -2.10. The number of hydrogen-bond donors (Lipinski definition) is 2. The molecular weight excluding hydrogens is 298 g/mol. The van der Waals surface area contributed by atoms with Gasteiger partial charge in [0.05, 0.1) is 21.8 Å². The van der Waals surface area contributed by atoms with Crippen molar-refractivity contribution >= 4 is 28.9 Å². The van der Waals surface area contributed by atoms with Gasteiger partial charge in [-0.15, -0.1) is 0 Å². The van der Waals surface area contributed by atoms with Gasteiger partial charge < -0.3 is 11.1 Å². The normalized spacial score (nSPS) is 20.8. The van der Waals surface area contributed by atoms with Crippen LogP contribution in [-0.4, -0.2) is 0 Å². The molecule has 0 bridgehead atoms. The third kappa shape index (κ3) is 2.37. The van der Waals surface area contributed by atoms with Crippen molar-refractivity contribution < 1.29 is 4.39 Å². The maximum absolute atomic E-state index is 13.2. The number of benzene rings is 2. The predicted molar refractivity (Wildman–Crippen MR) is 80.8 cm³/mol. The Labute approximate surface area is 126 Å². The average Bonchev–Trinajstić information content (AvgIpc) is 2.71. The lowest BCUT2D eigenvalue weighted by Gasteiger charge is -2.18. The van der Waals surface area contributed by atoms with Crippen LogP contribution in [0.2, 0.25) is 10.0 Å². The quantitative estimate of drug-likeness (QED) is 0.844. The zero-order valence-electron chi connectivity index (χ0n) is 10.5. The lowest BCUT2D eigenvalue weighted by molar-refractivity contribution is 0.627. The van der Waals surface area contributed by atoms with Crippen molar-refractivity contribution in [3.05, 3.63) is 63.4 Å². The second-order valence-electron chi connectivity index (χ2n) is 4.91. The first-order chi connectivity index (χ1) is 9.56. The van der Waals surface area contributed by atoms with Gasteiger partial charge in [-0.25, -0.2) is 4.39 Å². The summed E-state index contributed by atoms with van der Waals surface area (Å²) in [6.45, 7) is 0. The second-order valence-corrected chi connectivity index (χ2v) is 5.73. The zero-order valence-corrected chi connectivity index (χ0v) is 12.0. The molecule has 2 unspecified atom stereocenters. The van der Waals surface area contributed by atoms with E-state index in [4.69, 9.17) is 28.9 Å². The van der Waals surface area contributed by atoms with Crippen LogP contribution in [0.25, 0.3) is 0 Å². The van der Waals surface area contributed by atoms with E-state index in [0.29, 0.717) is 5.69 Å². The van der Waals surface area contributed by atoms with Gasteiger partial charge in [0.2, 0.25) is 0 Å². The summed E-state index contributed by atoms with van der Waals surface area (Å²) in [5.41, 5.74) is 8.93. The fraction of sp³-hybridized carbons (Fsp3) is 0.200. The first-order valence-corrected chi connectivity index (χ1v) is 7.07. The summed E-state index contributed by atoms with van der Waals surface area (Å²) in [6, 6.07) is 10.5. The number of anilines is 1. The van der Waals surface area contributed by atoms with Crippen LogP contribution >= 0.6 is 23.2 Å². The topological polar surface area (TPSA) is 38.0 Å². The van der Waals surface area contributed by atoms with Gasteiger partial charge in [0.15, 0.2) is 0 Å². The summed E-state index contributed by atoms with van der Waals surface area (Å²) in [4.78, 5) is 0. The molecule has 2 nitrogen and oxygen atoms in total. The molecule has 0 spiro atoms. The molecule has 0 radical (unpaired) electrons. The summed E-state index contributed by atoms with van der Waals surface area (Å²) < 4.78 is 13.2. The first-order valence-electron chi connectivity index (χ1n) is 6.31. The Balaban J connectivity index is 1.94. The van der Waals surface area contributed by atoms with E-state index in [-0.39, 0.29) is 22.1 Å². The van der Waals surface area contributed by atoms with Crippen molar-refractivity contribution in [1.82, 2.24) is 0 Å². The molecule has 0 aromatic heterocycles. The Morgan fingerprint density at radius 1 is 1.10 bits per heavy atom. The molecule has 0 saturated heterocycles. The molecular formula is C15H13Cl2FN2. The first kappa shape index (κ1) is 13.7. The minimum Gasteiger partial charge on any atom is -0.376 e. The molecule has 0 amide bonds. The molecule has 2 aromatic carbocycles. The third-order valence-electron chi connectivity index (χ3n) is 3.59. The van der Waals surface area contributed by atoms with Crippen molar-refractivity contribution in [2.24, 2.45) is 5.73 Å². The second kappa shape index (κ2) is 5.24. The minimum absolute atomic E-state index is 0.0123. The maximum Gasteiger partial charge on any atom is 0.126 e. The van der Waals surface area contributed by atoms with Crippen molar-refractivity contribution in [1.29, 1.82) is 0 Å². The van der Waals surface area contributed by atoms with Crippen LogP contribution in [0.5, 0.6) is 0 Å². The number of hydrogen-bond acceptors (Lipinski definition) is 2. The Morgan fingerprint density at radius 3 is 2.35 bits per heavy atom. The fourth-order valence-electron chi connectivity index (χ4n) is 2.66. The molecule has 0 saturated carbocycles. The van der Waals surface area contributed by atoms with Gasteiger partial charge >= 0.3 is 0 Å². The third-order valence-corrected chi connectivity index (χ3v) is 4.18. The van der Waals surface area contributed by atoms with Crippen molar-refractivity contribution in [2.45, 2.75) is 18.5 Å². The van der Waals surface area contributed by atoms with Crippen LogP contribution in [-0.2, 0) is 0 Å². The molecule has 1 aliphatic rings. The number of fused-ring (bicyclic) bond motifs is 1. The van der Waals surface area contributed by atoms with Crippen LogP contribution in [0.1, 0.15) is 29.6 Å². The van der Waals surface area contributed by atoms with Gasteiger partial charge in [-0.05, 0) is 29.7 Å². The highest BCUT2D eigenvalue weighted by Gasteiger charge is 2.29. The monoisotopic (exact) mass is 310 g/mol. The Kier molecular flexibility index (Phi) is 3.59. The largest absolute Gasteiger partial charge is 0.376 e. The molecule has 104 valence electrons. The summed E-state index contributed by atoms with van der Waals surface area (Å²) in [7, 11) is 0. The van der Waals surface area contributed by atoms with E-state index in [1.165, 1.54) is 12.1 Å². The Hall–Kier alpha value is -1.29. The van der Waals surface area contributed by atoms with Gasteiger partial charge in [0.1, 0.15) is 5.82 Å². The highest BCUT2D eigenvalue weighted by molar-refractivity contribution is 6.39. The number of nitrogens with two attached hydrogens (primary N) is 1. The van der Waals surface area contributed by atoms with E-state index >= 15 is 0 Å². The van der Waals surface area contributed by atoms with Gasteiger partial charge in [-0.1, -0.05) is 47.5 Å². The van der Waals surface area contributed by atoms with Crippen molar-refractivity contribution in [3.63, 3.8) is 0 Å². The summed E-state index contributed by atoms with van der Waals surface area (Å²) in [5.74, 6) is -0.450. The molecule has 0 heterocycles. The minimum atomic E-state index is -0.450. The number of nitrogens with one attached hydrogen (secondary N) is 1. The standard InChI is InChI=1S/C15H13Cl2FN2/c16-11-5-8(18)6-12(17)15(11)20-14-7-13(19)9-3-1-2-4-10(9)14/h1-6,13-14,20H,7,19H2. The van der Waals surface area contributed by atoms with E-state index in [9.17, 15) is 4.39 Å². The lowest BCUT2D eigenvalue weighted by atomic mass is 10.1. The SMILES string of the molecule is NC1CC(Nc2c(Cl)cc(F)cc2Cl)c2ccccc21. The van der Waals surface area contributed by atoms with E-state index < -0.39 is 5.82 Å². The molecule has 3 rings (SSSR count). The molecule has 3 N–H and O–H groups in total. The Morgan fingerprint density at radius 2 is 1.70 bits per heavy atom. The summed E-state index contributed by atoms with van der Waals surface area (Å²) in [5, 5.41) is 3.82. The van der Waals surface area contributed by atoms with Gasteiger partial charge in [-0.2, -0.15) is 0 Å². The van der Waals surface area contributed by atoms with E-state index in [2.05, 4.69) is 5.32 Å². The van der Waals surface area contributed by atoms with Crippen LogP contribution in [0, 0.1) is 5.82 Å².